The van der Waals surface area contributed by atoms with Crippen LogP contribution in [0.4, 0.5) is 17.1 Å². The number of anilines is 3. The minimum atomic E-state index is 0.556. The van der Waals surface area contributed by atoms with Gasteiger partial charge in [0.2, 0.25) is 0 Å². The van der Waals surface area contributed by atoms with Crippen molar-refractivity contribution in [2.45, 2.75) is 13.3 Å². The average Bonchev–Trinajstić information content (AvgIpc) is 4.00. The van der Waals surface area contributed by atoms with Gasteiger partial charge < -0.3 is 9.47 Å². The molecular weight excluding hydrogens is 793 g/mol. The lowest BCUT2D eigenvalue weighted by atomic mass is 9.95. The molecule has 0 radical (unpaired) electrons. The van der Waals surface area contributed by atoms with Crippen LogP contribution in [-0.4, -0.2) is 4.57 Å². The Hall–Kier alpha value is -7.72. The van der Waals surface area contributed by atoms with Gasteiger partial charge in [-0.05, 0) is 128 Å². The first kappa shape index (κ1) is 36.9. The third kappa shape index (κ3) is 5.92. The minimum absolute atomic E-state index is 0.556. The maximum atomic E-state index is 2.54. The van der Waals surface area contributed by atoms with Crippen LogP contribution in [0.5, 0.6) is 0 Å². The van der Waals surface area contributed by atoms with Crippen molar-refractivity contribution in [3.05, 3.63) is 223 Å². The van der Waals surface area contributed by atoms with Crippen LogP contribution >= 0.6 is 11.3 Å². The second-order valence-electron chi connectivity index (χ2n) is 17.4. The molecule has 0 bridgehead atoms. The topological polar surface area (TPSA) is 8.17 Å². The van der Waals surface area contributed by atoms with Gasteiger partial charge in [0.1, 0.15) is 0 Å². The Morgan fingerprint density at radius 3 is 1.83 bits per heavy atom. The summed E-state index contributed by atoms with van der Waals surface area (Å²) >= 11 is 1.95. The molecule has 0 spiro atoms. The summed E-state index contributed by atoms with van der Waals surface area (Å²) in [5, 5.41) is 5.16. The quantitative estimate of drug-likeness (QED) is 0.155. The third-order valence-electron chi connectivity index (χ3n) is 13.4. The van der Waals surface area contributed by atoms with Crippen molar-refractivity contribution in [2.24, 2.45) is 5.92 Å². The van der Waals surface area contributed by atoms with E-state index >= 15 is 0 Å². The molecule has 3 heteroatoms. The summed E-state index contributed by atoms with van der Waals surface area (Å²) in [6, 6.07) is 76.3. The van der Waals surface area contributed by atoms with Crippen LogP contribution in [0, 0.1) is 5.92 Å². The molecule has 302 valence electrons. The van der Waals surface area contributed by atoms with E-state index in [0.717, 1.165) is 29.2 Å². The normalized spacial score (nSPS) is 13.7. The number of fused-ring (bicyclic) bond motifs is 8. The molecule has 0 amide bonds. The molecule has 64 heavy (non-hydrogen) atoms. The Morgan fingerprint density at radius 2 is 1.11 bits per heavy atom. The molecule has 0 saturated heterocycles. The van der Waals surface area contributed by atoms with E-state index in [0.29, 0.717) is 5.92 Å². The number of allylic oxidation sites excluding steroid dienone is 1. The predicted molar refractivity (Wildman–Crippen MR) is 273 cm³/mol. The zero-order valence-electron chi connectivity index (χ0n) is 35.4. The Labute approximate surface area is 377 Å². The molecule has 2 heterocycles. The molecule has 9 aromatic carbocycles. The van der Waals surface area contributed by atoms with Crippen LogP contribution in [0.1, 0.15) is 17.4 Å². The van der Waals surface area contributed by atoms with Crippen LogP contribution < -0.4 is 4.90 Å². The first-order chi connectivity index (χ1) is 31.6. The van der Waals surface area contributed by atoms with E-state index in [1.54, 1.807) is 0 Å². The highest BCUT2D eigenvalue weighted by atomic mass is 32.1. The van der Waals surface area contributed by atoms with Gasteiger partial charge in [-0.25, -0.2) is 0 Å². The number of thiophene rings is 1. The van der Waals surface area contributed by atoms with Gasteiger partial charge in [-0.15, -0.1) is 11.3 Å². The van der Waals surface area contributed by atoms with Crippen molar-refractivity contribution in [1.82, 2.24) is 4.57 Å². The lowest BCUT2D eigenvalue weighted by molar-refractivity contribution is 0.728. The molecule has 11 aromatic rings. The summed E-state index contributed by atoms with van der Waals surface area (Å²) in [4.78, 5) is 3.96. The van der Waals surface area contributed by atoms with Crippen molar-refractivity contribution in [1.29, 1.82) is 0 Å². The second-order valence-corrected chi connectivity index (χ2v) is 18.5. The van der Waals surface area contributed by atoms with Crippen molar-refractivity contribution in [3.63, 3.8) is 0 Å². The molecule has 0 aliphatic heterocycles. The fraction of sp³-hybridized carbons (Fsp3) is 0.0492. The van der Waals surface area contributed by atoms with E-state index in [1.165, 1.54) is 98.0 Å². The fourth-order valence-corrected chi connectivity index (χ4v) is 11.8. The lowest BCUT2D eigenvalue weighted by Crippen LogP contribution is -2.10. The molecule has 0 fully saturated rings. The van der Waals surface area contributed by atoms with Crippen LogP contribution in [-0.2, 0) is 6.42 Å². The number of nitrogens with zero attached hydrogens (tertiary/aromatic N) is 2. The Kier molecular flexibility index (Phi) is 8.47. The fourth-order valence-electron chi connectivity index (χ4n) is 10.4. The lowest BCUT2D eigenvalue weighted by Gasteiger charge is -2.26. The second kappa shape index (κ2) is 14.7. The van der Waals surface area contributed by atoms with E-state index in [4.69, 9.17) is 0 Å². The van der Waals surface area contributed by atoms with Gasteiger partial charge >= 0.3 is 0 Å². The molecule has 2 aliphatic rings. The molecule has 2 aliphatic carbocycles. The van der Waals surface area contributed by atoms with E-state index in [9.17, 15) is 0 Å². The predicted octanol–water partition coefficient (Wildman–Crippen LogP) is 17.3. The minimum Gasteiger partial charge on any atom is -0.310 e. The van der Waals surface area contributed by atoms with Gasteiger partial charge in [-0.1, -0.05) is 165 Å². The van der Waals surface area contributed by atoms with E-state index in [1.807, 2.05) is 11.3 Å². The summed E-state index contributed by atoms with van der Waals surface area (Å²) in [5.41, 5.74) is 19.4. The Bertz CT molecular complexity index is 3590. The highest BCUT2D eigenvalue weighted by Gasteiger charge is 2.31. The molecule has 2 nitrogen and oxygen atoms in total. The maximum Gasteiger partial charge on any atom is 0.0626 e. The standard InChI is InChI=1S/C61H42N2S/c1-39-26-29-51-52-30-27-49(38-58(52)64-57(51)32-39)62(47-23-11-22-44(34-47)40-14-5-2-6-15-40)48-28-31-56-55(37-48)60-53-24-12-20-43-21-13-25-54(59(43)53)61(60)63(56)50-35-45(41-16-7-3-8-17-41)33-46(36-50)42-18-9-4-10-19-42/h2-31,33-39H,32H2,1H3. The number of hydrogen-bond acceptors (Lipinski definition) is 2. The third-order valence-corrected chi connectivity index (χ3v) is 14.6. The van der Waals surface area contributed by atoms with Crippen molar-refractivity contribution in [3.8, 4) is 61.5 Å². The molecule has 1 unspecified atom stereocenters. The van der Waals surface area contributed by atoms with Crippen molar-refractivity contribution < 1.29 is 0 Å². The molecule has 13 rings (SSSR count). The number of rotatable bonds is 7. The van der Waals surface area contributed by atoms with Crippen molar-refractivity contribution in [2.75, 3.05) is 4.90 Å². The van der Waals surface area contributed by atoms with Gasteiger partial charge in [0.15, 0.2) is 0 Å². The monoisotopic (exact) mass is 834 g/mol. The number of benzene rings is 9. The number of hydrogen-bond donors (Lipinski definition) is 0. The average molecular weight is 835 g/mol. The van der Waals surface area contributed by atoms with E-state index in [-0.39, 0.29) is 0 Å². The highest BCUT2D eigenvalue weighted by molar-refractivity contribution is 7.19. The summed E-state index contributed by atoms with van der Waals surface area (Å²) in [6.07, 6.45) is 5.81. The van der Waals surface area contributed by atoms with Gasteiger partial charge in [0.05, 0.1) is 11.2 Å². The zero-order chi connectivity index (χ0) is 42.3. The van der Waals surface area contributed by atoms with Crippen molar-refractivity contribution >= 4 is 66.2 Å². The van der Waals surface area contributed by atoms with Crippen LogP contribution in [0.2, 0.25) is 0 Å². The van der Waals surface area contributed by atoms with Crippen LogP contribution in [0.3, 0.4) is 0 Å². The van der Waals surface area contributed by atoms with E-state index < -0.39 is 0 Å². The highest BCUT2D eigenvalue weighted by Crippen LogP contribution is 2.54. The molecule has 1 atom stereocenters. The largest absolute Gasteiger partial charge is 0.310 e. The maximum absolute atomic E-state index is 2.54. The Balaban J connectivity index is 1.07. The van der Waals surface area contributed by atoms with Gasteiger partial charge in [-0.2, -0.15) is 0 Å². The van der Waals surface area contributed by atoms with Crippen LogP contribution in [0.15, 0.2) is 212 Å². The number of aromatic nitrogens is 1. The molecule has 0 N–H and O–H groups in total. The summed E-state index contributed by atoms with van der Waals surface area (Å²) in [5.74, 6) is 0.556. The van der Waals surface area contributed by atoms with E-state index in [2.05, 4.69) is 235 Å². The summed E-state index contributed by atoms with van der Waals surface area (Å²) in [6.45, 7) is 2.32. The molecular formula is C61H42N2S. The van der Waals surface area contributed by atoms with Crippen LogP contribution in [0.25, 0.3) is 99.3 Å². The SMILES string of the molecule is CC1C=Cc2c(sc3cc(N(c4cccc(-c5ccccc5)c4)c4ccc5c(c4)c4c(n5-c5cc(-c6ccccc6)cc(-c6ccccc6)c5)-c5cccc6cccc-4c56)ccc23)C1. The molecule has 0 saturated carbocycles. The van der Waals surface area contributed by atoms with Gasteiger partial charge in [0.25, 0.3) is 0 Å². The van der Waals surface area contributed by atoms with Gasteiger partial charge in [-0.3, -0.25) is 0 Å². The first-order valence-electron chi connectivity index (χ1n) is 22.3. The smallest absolute Gasteiger partial charge is 0.0626 e. The summed E-state index contributed by atoms with van der Waals surface area (Å²) < 4.78 is 3.87. The summed E-state index contributed by atoms with van der Waals surface area (Å²) in [7, 11) is 0. The zero-order valence-corrected chi connectivity index (χ0v) is 36.2. The Morgan fingerprint density at radius 1 is 0.500 bits per heavy atom. The first-order valence-corrected chi connectivity index (χ1v) is 23.1. The molecule has 2 aromatic heterocycles. The van der Waals surface area contributed by atoms with Gasteiger partial charge in [0, 0.05) is 54.2 Å².